The number of hydrogen-bond donors (Lipinski definition) is 2. The molecule has 2 heterocycles. The van der Waals surface area contributed by atoms with Gasteiger partial charge in [0.1, 0.15) is 5.15 Å². The van der Waals surface area contributed by atoms with Crippen LogP contribution in [0.5, 0.6) is 0 Å². The van der Waals surface area contributed by atoms with Gasteiger partial charge in [-0.1, -0.05) is 11.6 Å². The zero-order valence-electron chi connectivity index (χ0n) is 11.6. The number of carbonyl (C=O) groups excluding carboxylic acids is 1. The van der Waals surface area contributed by atoms with E-state index < -0.39 is 11.3 Å². The highest BCUT2D eigenvalue weighted by Crippen LogP contribution is 2.56. The first-order chi connectivity index (χ1) is 9.97. The minimum Gasteiger partial charge on any atom is -0.398 e. The third kappa shape index (κ3) is 2.05. The molecule has 6 heteroatoms. The highest BCUT2D eigenvalue weighted by molar-refractivity contribution is 6.30. The van der Waals surface area contributed by atoms with Crippen molar-refractivity contribution < 1.29 is 4.79 Å². The standard InChI is InChI=1S/C15H15ClN4O/c1-8-2-6-20-13(16)11(8)15(4-5-15)12-10(14(18)21)9(17)3-7-19-12/h2-3,6-7H,4-5H2,1H3,(H2,17,19)(H2,18,21). The van der Waals surface area contributed by atoms with Gasteiger partial charge in [-0.05, 0) is 37.5 Å². The number of amides is 1. The van der Waals surface area contributed by atoms with Crippen LogP contribution < -0.4 is 11.5 Å². The number of primary amides is 1. The van der Waals surface area contributed by atoms with Crippen molar-refractivity contribution in [3.8, 4) is 0 Å². The van der Waals surface area contributed by atoms with Gasteiger partial charge in [0.2, 0.25) is 0 Å². The van der Waals surface area contributed by atoms with Gasteiger partial charge in [0.25, 0.3) is 5.91 Å². The van der Waals surface area contributed by atoms with Crippen molar-refractivity contribution in [2.45, 2.75) is 25.2 Å². The topological polar surface area (TPSA) is 94.9 Å². The van der Waals surface area contributed by atoms with E-state index in [4.69, 9.17) is 23.1 Å². The van der Waals surface area contributed by atoms with Gasteiger partial charge >= 0.3 is 0 Å². The van der Waals surface area contributed by atoms with Crippen molar-refractivity contribution in [1.82, 2.24) is 9.97 Å². The molecule has 2 aromatic heterocycles. The van der Waals surface area contributed by atoms with Crippen LogP contribution in [0, 0.1) is 6.92 Å². The Kier molecular flexibility index (Phi) is 3.10. The second-order valence-electron chi connectivity index (χ2n) is 5.36. The Morgan fingerprint density at radius 2 is 1.95 bits per heavy atom. The third-order valence-electron chi connectivity index (χ3n) is 4.02. The van der Waals surface area contributed by atoms with E-state index in [0.29, 0.717) is 16.5 Å². The van der Waals surface area contributed by atoms with E-state index in [1.165, 1.54) is 0 Å². The second kappa shape index (κ2) is 4.70. The van der Waals surface area contributed by atoms with Crippen LogP contribution in [0.25, 0.3) is 0 Å². The molecule has 1 amide bonds. The summed E-state index contributed by atoms with van der Waals surface area (Å²) in [5.74, 6) is -0.570. The number of nitrogens with two attached hydrogens (primary N) is 2. The first-order valence-corrected chi connectivity index (χ1v) is 7.01. The van der Waals surface area contributed by atoms with Crippen molar-refractivity contribution in [1.29, 1.82) is 0 Å². The molecule has 4 N–H and O–H groups in total. The number of nitrogen functional groups attached to an aromatic ring is 1. The Morgan fingerprint density at radius 3 is 2.52 bits per heavy atom. The van der Waals surface area contributed by atoms with Gasteiger partial charge in [-0.25, -0.2) is 4.98 Å². The van der Waals surface area contributed by atoms with E-state index in [2.05, 4.69) is 9.97 Å². The van der Waals surface area contributed by atoms with Crippen LogP contribution in [0.4, 0.5) is 5.69 Å². The molecule has 0 saturated heterocycles. The van der Waals surface area contributed by atoms with E-state index in [-0.39, 0.29) is 5.56 Å². The zero-order valence-corrected chi connectivity index (χ0v) is 12.3. The summed E-state index contributed by atoms with van der Waals surface area (Å²) in [6.07, 6.45) is 4.95. The number of aromatic nitrogens is 2. The summed E-state index contributed by atoms with van der Waals surface area (Å²) in [6, 6.07) is 3.48. The monoisotopic (exact) mass is 302 g/mol. The van der Waals surface area contributed by atoms with Crippen LogP contribution in [-0.4, -0.2) is 15.9 Å². The molecular weight excluding hydrogens is 288 g/mol. The number of pyridine rings is 2. The molecule has 1 aliphatic carbocycles. The minimum absolute atomic E-state index is 0.286. The van der Waals surface area contributed by atoms with Gasteiger partial charge in [0, 0.05) is 29.1 Å². The number of nitrogens with zero attached hydrogens (tertiary/aromatic N) is 2. The number of aryl methyl sites for hydroxylation is 1. The Labute approximate surface area is 127 Å². The molecule has 1 fully saturated rings. The molecule has 21 heavy (non-hydrogen) atoms. The first-order valence-electron chi connectivity index (χ1n) is 6.64. The molecule has 0 aliphatic heterocycles. The predicted octanol–water partition coefficient (Wildman–Crippen LogP) is 2.20. The molecule has 3 rings (SSSR count). The van der Waals surface area contributed by atoms with Crippen LogP contribution in [0.1, 0.15) is 40.0 Å². The molecule has 1 aliphatic rings. The van der Waals surface area contributed by atoms with Crippen LogP contribution >= 0.6 is 11.6 Å². The van der Waals surface area contributed by atoms with Gasteiger partial charge in [0.05, 0.1) is 11.3 Å². The average Bonchev–Trinajstić information content (AvgIpc) is 3.19. The number of halogens is 1. The molecule has 0 atom stereocenters. The first kappa shape index (κ1) is 13.8. The number of carbonyl (C=O) groups is 1. The molecule has 0 radical (unpaired) electrons. The van der Waals surface area contributed by atoms with E-state index in [0.717, 1.165) is 24.0 Å². The summed E-state index contributed by atoms with van der Waals surface area (Å²) < 4.78 is 0. The fourth-order valence-electron chi connectivity index (χ4n) is 2.93. The van der Waals surface area contributed by atoms with Gasteiger partial charge in [0.15, 0.2) is 0 Å². The summed E-state index contributed by atoms with van der Waals surface area (Å²) in [5.41, 5.74) is 14.2. The number of anilines is 1. The lowest BCUT2D eigenvalue weighted by atomic mass is 9.87. The molecule has 108 valence electrons. The normalized spacial score (nSPS) is 15.7. The summed E-state index contributed by atoms with van der Waals surface area (Å²) >= 11 is 6.29. The lowest BCUT2D eigenvalue weighted by molar-refractivity contribution is 0.0999. The Hall–Kier alpha value is -2.14. The highest BCUT2D eigenvalue weighted by Gasteiger charge is 2.51. The molecule has 5 nitrogen and oxygen atoms in total. The maximum Gasteiger partial charge on any atom is 0.252 e. The summed E-state index contributed by atoms with van der Waals surface area (Å²) in [5, 5.41) is 0.437. The maximum atomic E-state index is 11.8. The van der Waals surface area contributed by atoms with Crippen LogP contribution in [0.15, 0.2) is 24.5 Å². The fraction of sp³-hybridized carbons (Fsp3) is 0.267. The molecule has 0 spiro atoms. The molecule has 1 saturated carbocycles. The van der Waals surface area contributed by atoms with Gasteiger partial charge in [-0.15, -0.1) is 0 Å². The minimum atomic E-state index is -0.570. The van der Waals surface area contributed by atoms with E-state index in [1.807, 2.05) is 13.0 Å². The van der Waals surface area contributed by atoms with E-state index in [1.54, 1.807) is 18.5 Å². The Balaban J connectivity index is 2.26. The summed E-state index contributed by atoms with van der Waals surface area (Å²) in [6.45, 7) is 1.97. The third-order valence-corrected chi connectivity index (χ3v) is 4.31. The molecule has 0 aromatic carbocycles. The lowest BCUT2D eigenvalue weighted by Crippen LogP contribution is -2.23. The highest BCUT2D eigenvalue weighted by atomic mass is 35.5. The fourth-order valence-corrected chi connectivity index (χ4v) is 3.31. The Bertz CT molecular complexity index is 720. The smallest absolute Gasteiger partial charge is 0.252 e. The van der Waals surface area contributed by atoms with Crippen molar-refractivity contribution in [2.75, 3.05) is 5.73 Å². The van der Waals surface area contributed by atoms with Crippen molar-refractivity contribution in [3.05, 3.63) is 52.1 Å². The molecular formula is C15H15ClN4O. The van der Waals surface area contributed by atoms with Crippen molar-refractivity contribution >= 4 is 23.2 Å². The van der Waals surface area contributed by atoms with Crippen LogP contribution in [-0.2, 0) is 5.41 Å². The van der Waals surface area contributed by atoms with Gasteiger partial charge in [-0.2, -0.15) is 0 Å². The van der Waals surface area contributed by atoms with Gasteiger partial charge < -0.3 is 11.5 Å². The molecule has 0 unspecified atom stereocenters. The quantitative estimate of drug-likeness (QED) is 0.850. The van der Waals surface area contributed by atoms with E-state index in [9.17, 15) is 4.79 Å². The van der Waals surface area contributed by atoms with Gasteiger partial charge in [-0.3, -0.25) is 9.78 Å². The van der Waals surface area contributed by atoms with E-state index >= 15 is 0 Å². The predicted molar refractivity (Wildman–Crippen MR) is 81.2 cm³/mol. The summed E-state index contributed by atoms with van der Waals surface area (Å²) in [7, 11) is 0. The summed E-state index contributed by atoms with van der Waals surface area (Å²) in [4.78, 5) is 20.3. The average molecular weight is 303 g/mol. The molecule has 0 bridgehead atoms. The SMILES string of the molecule is Cc1ccnc(Cl)c1C1(c2nccc(N)c2C(N)=O)CC1. The lowest BCUT2D eigenvalue weighted by Gasteiger charge is -2.21. The van der Waals surface area contributed by atoms with Crippen LogP contribution in [0.3, 0.4) is 0 Å². The second-order valence-corrected chi connectivity index (χ2v) is 5.72. The maximum absolute atomic E-state index is 11.8. The Morgan fingerprint density at radius 1 is 1.29 bits per heavy atom. The zero-order chi connectivity index (χ0) is 15.2. The number of hydrogen-bond acceptors (Lipinski definition) is 4. The van der Waals surface area contributed by atoms with Crippen LogP contribution in [0.2, 0.25) is 5.15 Å². The largest absolute Gasteiger partial charge is 0.398 e. The molecule has 2 aromatic rings. The van der Waals surface area contributed by atoms with Crippen molar-refractivity contribution in [2.24, 2.45) is 5.73 Å². The van der Waals surface area contributed by atoms with Crippen molar-refractivity contribution in [3.63, 3.8) is 0 Å². The number of rotatable bonds is 3.